The number of imide groups is 1. The molecule has 1 aromatic rings. The molecule has 1 aliphatic carbocycles. The Kier molecular flexibility index (Phi) is 4.07. The number of hydrogen-bond acceptors (Lipinski definition) is 4. The van der Waals surface area contributed by atoms with Crippen molar-refractivity contribution in [1.82, 2.24) is 10.2 Å². The normalized spacial score (nSPS) is 19.8. The van der Waals surface area contributed by atoms with Crippen molar-refractivity contribution in [1.29, 1.82) is 0 Å². The average Bonchev–Trinajstić information content (AvgIpc) is 2.80. The maximum absolute atomic E-state index is 12.6. The number of benzene rings is 1. The minimum atomic E-state index is -0.782. The van der Waals surface area contributed by atoms with Crippen molar-refractivity contribution in [2.24, 2.45) is 0 Å². The van der Waals surface area contributed by atoms with Crippen LogP contribution in [0.3, 0.4) is 0 Å². The number of Topliss-reactive ketones (excluding diaryl/α,β-unsaturated/α-hetero) is 1. The van der Waals surface area contributed by atoms with E-state index in [1.54, 1.807) is 31.4 Å². The molecule has 1 saturated heterocycles. The van der Waals surface area contributed by atoms with E-state index in [0.29, 0.717) is 24.2 Å². The molecule has 0 aromatic heterocycles. The highest BCUT2D eigenvalue weighted by Gasteiger charge is 2.51. The molecule has 122 valence electrons. The standard InChI is InChI=1S/C17H20N2O4/c1-23-13-7-5-12(6-8-13)14(20)11-19-15(21)17(18-16(19)22)9-3-2-4-10-17/h5-8H,2-4,9-11H2,1H3,(H,18,22). The third-order valence-electron chi connectivity index (χ3n) is 4.67. The average molecular weight is 316 g/mol. The number of nitrogens with one attached hydrogen (secondary N) is 1. The summed E-state index contributed by atoms with van der Waals surface area (Å²) in [5.74, 6) is 0.130. The molecule has 0 unspecified atom stereocenters. The Morgan fingerprint density at radius 3 is 2.43 bits per heavy atom. The molecular formula is C17H20N2O4. The first-order valence-corrected chi connectivity index (χ1v) is 7.87. The second kappa shape index (κ2) is 6.02. The van der Waals surface area contributed by atoms with Crippen molar-refractivity contribution >= 4 is 17.7 Å². The molecule has 1 spiro atoms. The summed E-state index contributed by atoms with van der Waals surface area (Å²) in [5, 5.41) is 2.81. The van der Waals surface area contributed by atoms with Gasteiger partial charge in [0.25, 0.3) is 5.91 Å². The Bertz CT molecular complexity index is 632. The van der Waals surface area contributed by atoms with Crippen molar-refractivity contribution in [2.75, 3.05) is 13.7 Å². The summed E-state index contributed by atoms with van der Waals surface area (Å²) in [6.45, 7) is -0.223. The van der Waals surface area contributed by atoms with Crippen LogP contribution in [-0.4, -0.2) is 41.8 Å². The molecule has 3 amide bonds. The Balaban J connectivity index is 1.72. The number of ketones is 1. The molecule has 6 nitrogen and oxygen atoms in total. The molecule has 3 rings (SSSR count). The summed E-state index contributed by atoms with van der Waals surface area (Å²) < 4.78 is 5.05. The van der Waals surface area contributed by atoms with Crippen LogP contribution in [0.5, 0.6) is 5.75 Å². The monoisotopic (exact) mass is 316 g/mol. The maximum atomic E-state index is 12.6. The van der Waals surface area contributed by atoms with Crippen LogP contribution in [0.15, 0.2) is 24.3 Å². The van der Waals surface area contributed by atoms with Crippen molar-refractivity contribution in [3.8, 4) is 5.75 Å². The van der Waals surface area contributed by atoms with Gasteiger partial charge in [0.2, 0.25) is 0 Å². The Hall–Kier alpha value is -2.37. The zero-order valence-corrected chi connectivity index (χ0v) is 13.1. The van der Waals surface area contributed by atoms with Crippen LogP contribution >= 0.6 is 0 Å². The van der Waals surface area contributed by atoms with Gasteiger partial charge < -0.3 is 10.1 Å². The summed E-state index contributed by atoms with van der Waals surface area (Å²) >= 11 is 0. The Morgan fingerprint density at radius 1 is 1.17 bits per heavy atom. The van der Waals surface area contributed by atoms with E-state index in [1.165, 1.54) is 0 Å². The van der Waals surface area contributed by atoms with E-state index in [1.807, 2.05) is 0 Å². The van der Waals surface area contributed by atoms with Gasteiger partial charge in [0, 0.05) is 5.56 Å². The van der Waals surface area contributed by atoms with Crippen LogP contribution in [0.2, 0.25) is 0 Å². The Morgan fingerprint density at radius 2 is 1.83 bits per heavy atom. The molecule has 23 heavy (non-hydrogen) atoms. The quantitative estimate of drug-likeness (QED) is 0.682. The lowest BCUT2D eigenvalue weighted by atomic mass is 9.82. The maximum Gasteiger partial charge on any atom is 0.325 e. The summed E-state index contributed by atoms with van der Waals surface area (Å²) in [6.07, 6.45) is 4.24. The number of rotatable bonds is 4. The zero-order chi connectivity index (χ0) is 16.4. The molecular weight excluding hydrogens is 296 g/mol. The zero-order valence-electron chi connectivity index (χ0n) is 13.1. The van der Waals surface area contributed by atoms with E-state index in [2.05, 4.69) is 5.32 Å². The fourth-order valence-electron chi connectivity index (χ4n) is 3.33. The van der Waals surface area contributed by atoms with E-state index < -0.39 is 11.6 Å². The van der Waals surface area contributed by atoms with Crippen molar-refractivity contribution in [3.63, 3.8) is 0 Å². The summed E-state index contributed by atoms with van der Waals surface area (Å²) in [7, 11) is 1.55. The minimum absolute atomic E-state index is 0.223. The highest BCUT2D eigenvalue weighted by atomic mass is 16.5. The predicted molar refractivity (Wildman–Crippen MR) is 83.4 cm³/mol. The molecule has 1 saturated carbocycles. The van der Waals surface area contributed by atoms with Gasteiger partial charge in [-0.25, -0.2) is 4.79 Å². The van der Waals surface area contributed by atoms with Crippen LogP contribution in [0.4, 0.5) is 4.79 Å². The fourth-order valence-corrected chi connectivity index (χ4v) is 3.33. The summed E-state index contributed by atoms with van der Waals surface area (Å²) in [4.78, 5) is 38.2. The molecule has 6 heteroatoms. The molecule has 1 heterocycles. The lowest BCUT2D eigenvalue weighted by molar-refractivity contribution is -0.132. The molecule has 0 radical (unpaired) electrons. The molecule has 0 atom stereocenters. The first-order chi connectivity index (χ1) is 11.1. The third-order valence-corrected chi connectivity index (χ3v) is 4.67. The van der Waals surface area contributed by atoms with Crippen LogP contribution in [0.25, 0.3) is 0 Å². The molecule has 0 bridgehead atoms. The topological polar surface area (TPSA) is 75.7 Å². The second-order valence-corrected chi connectivity index (χ2v) is 6.12. The smallest absolute Gasteiger partial charge is 0.325 e. The number of nitrogens with zero attached hydrogens (tertiary/aromatic N) is 1. The van der Waals surface area contributed by atoms with E-state index in [9.17, 15) is 14.4 Å². The highest BCUT2D eigenvalue weighted by molar-refractivity contribution is 6.11. The predicted octanol–water partition coefficient (Wildman–Crippen LogP) is 2.13. The van der Waals surface area contributed by atoms with E-state index in [-0.39, 0.29) is 18.2 Å². The van der Waals surface area contributed by atoms with Gasteiger partial charge in [-0.15, -0.1) is 0 Å². The van der Waals surface area contributed by atoms with Gasteiger partial charge in [0.1, 0.15) is 11.3 Å². The Labute approximate surface area is 134 Å². The first-order valence-electron chi connectivity index (χ1n) is 7.87. The van der Waals surface area contributed by atoms with Crippen molar-refractivity contribution in [2.45, 2.75) is 37.6 Å². The number of ether oxygens (including phenoxy) is 1. The number of carbonyl (C=O) groups is 3. The summed E-state index contributed by atoms with van der Waals surface area (Å²) in [5.41, 5.74) is -0.328. The molecule has 1 aromatic carbocycles. The van der Waals surface area contributed by atoms with Gasteiger partial charge in [-0.2, -0.15) is 0 Å². The third kappa shape index (κ3) is 2.81. The minimum Gasteiger partial charge on any atom is -0.497 e. The number of hydrogen-bond donors (Lipinski definition) is 1. The largest absolute Gasteiger partial charge is 0.497 e. The lowest BCUT2D eigenvalue weighted by Crippen LogP contribution is -2.48. The number of urea groups is 1. The van der Waals surface area contributed by atoms with Crippen molar-refractivity contribution < 1.29 is 19.1 Å². The number of carbonyl (C=O) groups excluding carboxylic acids is 3. The highest BCUT2D eigenvalue weighted by Crippen LogP contribution is 2.33. The van der Waals surface area contributed by atoms with Gasteiger partial charge in [0.15, 0.2) is 5.78 Å². The summed E-state index contributed by atoms with van der Waals surface area (Å²) in [6, 6.07) is 6.17. The first kappa shape index (κ1) is 15.5. The van der Waals surface area contributed by atoms with Crippen LogP contribution in [0.1, 0.15) is 42.5 Å². The molecule has 2 aliphatic rings. The van der Waals surface area contributed by atoms with Gasteiger partial charge in [-0.05, 0) is 37.1 Å². The van der Waals surface area contributed by atoms with Gasteiger partial charge in [-0.1, -0.05) is 19.3 Å². The van der Waals surface area contributed by atoms with Gasteiger partial charge in [-0.3, -0.25) is 14.5 Å². The van der Waals surface area contributed by atoms with Crippen molar-refractivity contribution in [3.05, 3.63) is 29.8 Å². The second-order valence-electron chi connectivity index (χ2n) is 6.12. The van der Waals surface area contributed by atoms with E-state index >= 15 is 0 Å². The van der Waals surface area contributed by atoms with Crippen LogP contribution in [-0.2, 0) is 4.79 Å². The molecule has 2 fully saturated rings. The molecule has 1 N–H and O–H groups in total. The van der Waals surface area contributed by atoms with Crippen LogP contribution < -0.4 is 10.1 Å². The number of methoxy groups -OCH3 is 1. The van der Waals surface area contributed by atoms with E-state index in [4.69, 9.17) is 4.74 Å². The number of amides is 3. The van der Waals surface area contributed by atoms with Gasteiger partial charge in [0.05, 0.1) is 13.7 Å². The van der Waals surface area contributed by atoms with E-state index in [0.717, 1.165) is 24.2 Å². The lowest BCUT2D eigenvalue weighted by Gasteiger charge is -2.30. The van der Waals surface area contributed by atoms with Gasteiger partial charge >= 0.3 is 6.03 Å². The SMILES string of the molecule is COc1ccc(C(=O)CN2C(=O)NC3(CCCCC3)C2=O)cc1. The molecule has 1 aliphatic heterocycles. The van der Waals surface area contributed by atoms with Crippen LogP contribution in [0, 0.1) is 0 Å². The fraction of sp³-hybridized carbons (Fsp3) is 0.471.